The highest BCUT2D eigenvalue weighted by molar-refractivity contribution is 5.58. The molecule has 8 nitrogen and oxygen atoms in total. The first kappa shape index (κ1) is 17.1. The molecule has 2 aliphatic rings. The third-order valence-electron chi connectivity index (χ3n) is 4.71. The lowest BCUT2D eigenvalue weighted by molar-refractivity contribution is -0.384. The molecule has 4 heterocycles. The summed E-state index contributed by atoms with van der Waals surface area (Å²) in [6.45, 7) is 3.04. The quantitative estimate of drug-likeness (QED) is 0.496. The van der Waals surface area contributed by atoms with Gasteiger partial charge in [0.15, 0.2) is 5.76 Å². The van der Waals surface area contributed by atoms with Gasteiger partial charge in [-0.25, -0.2) is 4.98 Å². The van der Waals surface area contributed by atoms with E-state index in [-0.39, 0.29) is 10.6 Å². The monoisotopic (exact) mass is 366 g/mol. The molecule has 0 aromatic carbocycles. The Labute approximate surface area is 155 Å². The van der Waals surface area contributed by atoms with E-state index in [1.807, 2.05) is 17.9 Å². The van der Waals surface area contributed by atoms with Crippen molar-refractivity contribution in [2.24, 2.45) is 0 Å². The first-order chi connectivity index (χ1) is 13.0. The van der Waals surface area contributed by atoms with E-state index >= 15 is 0 Å². The predicted octanol–water partition coefficient (Wildman–Crippen LogP) is 2.70. The minimum Gasteiger partial charge on any atom is -0.456 e. The number of hydrogen-bond acceptors (Lipinski definition) is 7. The van der Waals surface area contributed by atoms with Crippen molar-refractivity contribution in [3.8, 4) is 11.8 Å². The summed E-state index contributed by atoms with van der Waals surface area (Å²) in [5, 5.41) is 11.3. The van der Waals surface area contributed by atoms with Gasteiger partial charge in [0.05, 0.1) is 11.2 Å². The molecule has 138 valence electrons. The zero-order valence-electron chi connectivity index (χ0n) is 14.8. The van der Waals surface area contributed by atoms with E-state index in [1.165, 1.54) is 6.07 Å². The summed E-state index contributed by atoms with van der Waals surface area (Å²) in [5.74, 6) is 6.93. The average molecular weight is 366 g/mol. The first-order valence-electron chi connectivity index (χ1n) is 8.64. The van der Waals surface area contributed by atoms with Crippen molar-refractivity contribution in [2.45, 2.75) is 25.4 Å². The predicted molar refractivity (Wildman–Crippen MR) is 97.7 cm³/mol. The summed E-state index contributed by atoms with van der Waals surface area (Å²) in [6, 6.07) is 6.74. The lowest BCUT2D eigenvalue weighted by Crippen LogP contribution is -2.45. The molecular formula is C19H18N4O4. The number of pyridine rings is 1. The Balaban J connectivity index is 1.48. The van der Waals surface area contributed by atoms with Gasteiger partial charge in [-0.3, -0.25) is 20.4 Å². The largest absolute Gasteiger partial charge is 0.456 e. The van der Waals surface area contributed by atoms with E-state index in [0.717, 1.165) is 5.69 Å². The van der Waals surface area contributed by atoms with Crippen LogP contribution in [-0.4, -0.2) is 28.6 Å². The van der Waals surface area contributed by atoms with Crippen LogP contribution in [0.4, 0.5) is 11.5 Å². The van der Waals surface area contributed by atoms with Gasteiger partial charge in [0.2, 0.25) is 5.82 Å². The molecule has 0 saturated carbocycles. The van der Waals surface area contributed by atoms with Gasteiger partial charge >= 0.3 is 5.69 Å². The van der Waals surface area contributed by atoms with E-state index in [4.69, 9.17) is 9.25 Å². The third kappa shape index (κ3) is 3.50. The van der Waals surface area contributed by atoms with Crippen LogP contribution < -0.4 is 10.4 Å². The fourth-order valence-electron chi connectivity index (χ4n) is 3.27. The minimum atomic E-state index is -0.456. The highest BCUT2D eigenvalue weighted by Gasteiger charge is 2.39. The van der Waals surface area contributed by atoms with Gasteiger partial charge in [0.1, 0.15) is 11.3 Å². The van der Waals surface area contributed by atoms with Gasteiger partial charge in [-0.1, -0.05) is 0 Å². The third-order valence-corrected chi connectivity index (χ3v) is 4.71. The number of nitro groups is 1. The summed E-state index contributed by atoms with van der Waals surface area (Å²) in [4.78, 5) is 23.0. The SMILES string of the molecule is Cc1ccc([N+](=O)[O-])c(N2CCC3(C=C(C#Cc4ccco4)NO3)CC2)n1. The van der Waals surface area contributed by atoms with Gasteiger partial charge in [-0.15, -0.1) is 0 Å². The highest BCUT2D eigenvalue weighted by atomic mass is 16.7. The molecule has 4 rings (SSSR count). The number of rotatable bonds is 2. The van der Waals surface area contributed by atoms with Crippen LogP contribution in [0.3, 0.4) is 0 Å². The van der Waals surface area contributed by atoms with Crippen molar-refractivity contribution in [1.29, 1.82) is 0 Å². The van der Waals surface area contributed by atoms with Crippen LogP contribution in [0.15, 0.2) is 46.7 Å². The first-order valence-corrected chi connectivity index (χ1v) is 8.64. The van der Waals surface area contributed by atoms with Crippen molar-refractivity contribution in [3.63, 3.8) is 0 Å². The molecule has 0 aliphatic carbocycles. The Hall–Kier alpha value is -3.31. The van der Waals surface area contributed by atoms with Gasteiger partial charge in [0.25, 0.3) is 0 Å². The number of nitrogens with zero attached hydrogens (tertiary/aromatic N) is 3. The number of furan rings is 1. The molecule has 0 bridgehead atoms. The minimum absolute atomic E-state index is 0.0301. The van der Waals surface area contributed by atoms with Crippen molar-refractivity contribution in [3.05, 3.63) is 63.9 Å². The van der Waals surface area contributed by atoms with E-state index in [2.05, 4.69) is 22.3 Å². The molecule has 1 saturated heterocycles. The van der Waals surface area contributed by atoms with Crippen LogP contribution in [0.2, 0.25) is 0 Å². The van der Waals surface area contributed by atoms with E-state index in [0.29, 0.717) is 43.2 Å². The molecule has 27 heavy (non-hydrogen) atoms. The van der Waals surface area contributed by atoms with Gasteiger partial charge in [-0.05, 0) is 43.0 Å². The number of aromatic nitrogens is 1. The van der Waals surface area contributed by atoms with Crippen LogP contribution in [0.25, 0.3) is 0 Å². The number of hydroxylamine groups is 1. The van der Waals surface area contributed by atoms with Gasteiger partial charge < -0.3 is 9.32 Å². The second kappa shape index (κ2) is 6.78. The summed E-state index contributed by atoms with van der Waals surface area (Å²) in [6.07, 6.45) is 4.92. The van der Waals surface area contributed by atoms with Crippen LogP contribution in [0, 0.1) is 28.9 Å². The zero-order chi connectivity index (χ0) is 18.9. The molecule has 0 amide bonds. The zero-order valence-corrected chi connectivity index (χ0v) is 14.8. The van der Waals surface area contributed by atoms with Crippen molar-refractivity contribution in [2.75, 3.05) is 18.0 Å². The summed E-state index contributed by atoms with van der Waals surface area (Å²) < 4.78 is 5.20. The van der Waals surface area contributed by atoms with E-state index < -0.39 is 5.60 Å². The lowest BCUT2D eigenvalue weighted by Gasteiger charge is -2.36. The fourth-order valence-corrected chi connectivity index (χ4v) is 3.27. The molecule has 1 N–H and O–H groups in total. The number of allylic oxidation sites excluding steroid dienone is 1. The summed E-state index contributed by atoms with van der Waals surface area (Å²) >= 11 is 0. The van der Waals surface area contributed by atoms with Crippen LogP contribution >= 0.6 is 0 Å². The lowest BCUT2D eigenvalue weighted by atomic mass is 9.91. The normalized spacial score (nSPS) is 17.8. The van der Waals surface area contributed by atoms with Crippen molar-refractivity contribution < 1.29 is 14.2 Å². The number of hydrogen-bond donors (Lipinski definition) is 1. The highest BCUT2D eigenvalue weighted by Crippen LogP contribution is 2.35. The Morgan fingerprint density at radius 1 is 1.30 bits per heavy atom. The molecule has 0 unspecified atom stereocenters. The van der Waals surface area contributed by atoms with Crippen LogP contribution in [0.5, 0.6) is 0 Å². The Morgan fingerprint density at radius 3 is 2.81 bits per heavy atom. The van der Waals surface area contributed by atoms with Crippen molar-refractivity contribution >= 4 is 11.5 Å². The number of nitrogens with one attached hydrogen (secondary N) is 1. The second-order valence-corrected chi connectivity index (χ2v) is 6.59. The summed E-state index contributed by atoms with van der Waals surface area (Å²) in [5.41, 5.74) is 3.90. The van der Waals surface area contributed by atoms with Gasteiger partial charge in [-0.2, -0.15) is 0 Å². The maximum absolute atomic E-state index is 11.3. The molecule has 0 atom stereocenters. The van der Waals surface area contributed by atoms with Gasteiger partial charge in [0, 0.05) is 37.7 Å². The molecule has 8 heteroatoms. The van der Waals surface area contributed by atoms with Crippen molar-refractivity contribution in [1.82, 2.24) is 10.5 Å². The standard InChI is InChI=1S/C19H18N4O4/c1-14-4-7-17(23(24)25)18(20-14)22-10-8-19(9-11-22)13-15(21-27-19)5-6-16-3-2-12-26-16/h2-4,7,12-13,21H,8-11H2,1H3. The smallest absolute Gasteiger partial charge is 0.311 e. The van der Waals surface area contributed by atoms with E-state index in [1.54, 1.807) is 24.5 Å². The molecule has 2 aliphatic heterocycles. The average Bonchev–Trinajstić information content (AvgIpc) is 3.31. The van der Waals surface area contributed by atoms with E-state index in [9.17, 15) is 10.1 Å². The molecule has 0 radical (unpaired) electrons. The van der Waals surface area contributed by atoms with Crippen LogP contribution in [0.1, 0.15) is 24.3 Å². The molecule has 2 aromatic heterocycles. The topological polar surface area (TPSA) is 93.7 Å². The molecule has 1 fully saturated rings. The fraction of sp³-hybridized carbons (Fsp3) is 0.316. The Bertz CT molecular complexity index is 948. The summed E-state index contributed by atoms with van der Waals surface area (Å²) in [7, 11) is 0. The van der Waals surface area contributed by atoms with Crippen LogP contribution in [-0.2, 0) is 4.84 Å². The second-order valence-electron chi connectivity index (χ2n) is 6.59. The number of aryl methyl sites for hydroxylation is 1. The maximum atomic E-state index is 11.3. The number of piperidine rings is 1. The molecule has 2 aromatic rings. The molecular weight excluding hydrogens is 348 g/mol. The number of anilines is 1. The Kier molecular flexibility index (Phi) is 4.30. The maximum Gasteiger partial charge on any atom is 0.311 e. The molecule has 1 spiro atoms. The Morgan fingerprint density at radius 2 is 2.11 bits per heavy atom.